The standard InChI is InChI=1S/C16H23F2N3O3/c1-12(11-24-15-3-2-13(17)10-14(15)18)20-16(22)19-4-5-21-6-8-23-9-7-21/h2-3,10,12H,4-9,11H2,1H3,(H2,19,20,22)/t12-/m1/s1. The summed E-state index contributed by atoms with van der Waals surface area (Å²) in [4.78, 5) is 14.0. The molecule has 2 rings (SSSR count). The van der Waals surface area contributed by atoms with Crippen molar-refractivity contribution in [1.29, 1.82) is 0 Å². The highest BCUT2D eigenvalue weighted by molar-refractivity contribution is 5.74. The van der Waals surface area contributed by atoms with Gasteiger partial charge in [0, 0.05) is 32.2 Å². The third-order valence-electron chi connectivity index (χ3n) is 3.58. The Morgan fingerprint density at radius 3 is 2.83 bits per heavy atom. The Morgan fingerprint density at radius 1 is 1.38 bits per heavy atom. The van der Waals surface area contributed by atoms with Gasteiger partial charge in [-0.3, -0.25) is 4.90 Å². The summed E-state index contributed by atoms with van der Waals surface area (Å²) < 4.78 is 36.7. The smallest absolute Gasteiger partial charge is 0.315 e. The van der Waals surface area contributed by atoms with E-state index in [-0.39, 0.29) is 24.4 Å². The largest absolute Gasteiger partial charge is 0.488 e. The minimum Gasteiger partial charge on any atom is -0.488 e. The minimum atomic E-state index is -0.767. The first-order valence-corrected chi connectivity index (χ1v) is 7.97. The Hall–Kier alpha value is -1.93. The molecule has 1 atom stereocenters. The number of ether oxygens (including phenoxy) is 2. The second-order valence-corrected chi connectivity index (χ2v) is 5.64. The Labute approximate surface area is 140 Å². The Kier molecular flexibility index (Phi) is 7.20. The average molecular weight is 343 g/mol. The van der Waals surface area contributed by atoms with Crippen LogP contribution in [0.2, 0.25) is 0 Å². The molecule has 1 aliphatic heterocycles. The van der Waals surface area contributed by atoms with E-state index in [1.54, 1.807) is 6.92 Å². The van der Waals surface area contributed by atoms with Crippen LogP contribution in [0.4, 0.5) is 13.6 Å². The number of nitrogens with one attached hydrogen (secondary N) is 2. The minimum absolute atomic E-state index is 0.0437. The fourth-order valence-corrected chi connectivity index (χ4v) is 2.28. The van der Waals surface area contributed by atoms with E-state index in [2.05, 4.69) is 15.5 Å². The number of benzene rings is 1. The molecule has 1 aromatic rings. The molecule has 0 bridgehead atoms. The summed E-state index contributed by atoms with van der Waals surface area (Å²) in [5, 5.41) is 5.47. The topological polar surface area (TPSA) is 62.8 Å². The summed E-state index contributed by atoms with van der Waals surface area (Å²) in [6.45, 7) is 6.31. The monoisotopic (exact) mass is 343 g/mol. The van der Waals surface area contributed by atoms with Crippen LogP contribution in [-0.2, 0) is 4.74 Å². The van der Waals surface area contributed by atoms with Crippen LogP contribution in [0.15, 0.2) is 18.2 Å². The van der Waals surface area contributed by atoms with Crippen LogP contribution < -0.4 is 15.4 Å². The van der Waals surface area contributed by atoms with Crippen molar-refractivity contribution >= 4 is 6.03 Å². The number of amides is 2. The summed E-state index contributed by atoms with van der Waals surface area (Å²) in [6, 6.07) is 2.47. The molecule has 0 spiro atoms. The van der Waals surface area contributed by atoms with E-state index in [1.807, 2.05) is 0 Å². The van der Waals surface area contributed by atoms with Gasteiger partial charge in [-0.1, -0.05) is 0 Å². The number of halogens is 2. The van der Waals surface area contributed by atoms with E-state index < -0.39 is 11.6 Å². The van der Waals surface area contributed by atoms with Gasteiger partial charge < -0.3 is 20.1 Å². The summed E-state index contributed by atoms with van der Waals surface area (Å²) in [6.07, 6.45) is 0. The predicted molar refractivity (Wildman–Crippen MR) is 85.1 cm³/mol. The summed E-state index contributed by atoms with van der Waals surface area (Å²) >= 11 is 0. The zero-order valence-corrected chi connectivity index (χ0v) is 13.7. The molecule has 0 radical (unpaired) electrons. The maximum absolute atomic E-state index is 13.4. The second-order valence-electron chi connectivity index (χ2n) is 5.64. The summed E-state index contributed by atoms with van der Waals surface area (Å²) in [5.74, 6) is -1.47. The maximum atomic E-state index is 13.4. The molecule has 6 nitrogen and oxygen atoms in total. The number of hydrogen-bond donors (Lipinski definition) is 2. The van der Waals surface area contributed by atoms with Gasteiger partial charge in [-0.05, 0) is 19.1 Å². The second kappa shape index (κ2) is 9.39. The normalized spacial score (nSPS) is 16.5. The SMILES string of the molecule is C[C@H](COc1ccc(F)cc1F)NC(=O)NCCN1CCOCC1. The van der Waals surface area contributed by atoms with Crippen LogP contribution >= 0.6 is 0 Å². The van der Waals surface area contributed by atoms with Gasteiger partial charge in [-0.15, -0.1) is 0 Å². The molecule has 0 aromatic heterocycles. The van der Waals surface area contributed by atoms with E-state index >= 15 is 0 Å². The molecule has 1 saturated heterocycles. The van der Waals surface area contributed by atoms with Crippen molar-refractivity contribution in [2.45, 2.75) is 13.0 Å². The number of carbonyl (C=O) groups excluding carboxylic acids is 1. The molecule has 0 unspecified atom stereocenters. The van der Waals surface area contributed by atoms with E-state index in [0.717, 1.165) is 45.0 Å². The third kappa shape index (κ3) is 6.29. The van der Waals surface area contributed by atoms with Crippen molar-refractivity contribution in [3.8, 4) is 5.75 Å². The van der Waals surface area contributed by atoms with Crippen molar-refractivity contribution < 1.29 is 23.0 Å². The van der Waals surface area contributed by atoms with Crippen LogP contribution in [0.25, 0.3) is 0 Å². The molecule has 8 heteroatoms. The van der Waals surface area contributed by atoms with Gasteiger partial charge >= 0.3 is 6.03 Å². The lowest BCUT2D eigenvalue weighted by Crippen LogP contribution is -2.46. The average Bonchev–Trinajstić information content (AvgIpc) is 2.55. The first kappa shape index (κ1) is 18.4. The first-order valence-electron chi connectivity index (χ1n) is 7.97. The highest BCUT2D eigenvalue weighted by atomic mass is 19.1. The number of carbonyl (C=O) groups is 1. The highest BCUT2D eigenvalue weighted by Gasteiger charge is 2.12. The van der Waals surface area contributed by atoms with E-state index in [4.69, 9.17) is 9.47 Å². The quantitative estimate of drug-likeness (QED) is 0.785. The van der Waals surface area contributed by atoms with Crippen molar-refractivity contribution in [3.05, 3.63) is 29.8 Å². The van der Waals surface area contributed by atoms with Gasteiger partial charge in [-0.25, -0.2) is 13.6 Å². The highest BCUT2D eigenvalue weighted by Crippen LogP contribution is 2.17. The van der Waals surface area contributed by atoms with E-state index in [1.165, 1.54) is 6.07 Å². The molecular formula is C16H23F2N3O3. The Bertz CT molecular complexity index is 539. The number of urea groups is 1. The number of hydrogen-bond acceptors (Lipinski definition) is 4. The number of rotatable bonds is 7. The van der Waals surface area contributed by atoms with Crippen LogP contribution in [0.3, 0.4) is 0 Å². The lowest BCUT2D eigenvalue weighted by atomic mass is 10.3. The zero-order valence-electron chi connectivity index (χ0n) is 13.7. The van der Waals surface area contributed by atoms with Crippen molar-refractivity contribution in [1.82, 2.24) is 15.5 Å². The van der Waals surface area contributed by atoms with Crippen molar-refractivity contribution in [2.75, 3.05) is 46.0 Å². The fourth-order valence-electron chi connectivity index (χ4n) is 2.28. The van der Waals surface area contributed by atoms with Crippen LogP contribution in [0.1, 0.15) is 6.92 Å². The van der Waals surface area contributed by atoms with Crippen LogP contribution in [0, 0.1) is 11.6 Å². The van der Waals surface area contributed by atoms with Crippen LogP contribution in [0.5, 0.6) is 5.75 Å². The number of nitrogens with zero attached hydrogens (tertiary/aromatic N) is 1. The molecule has 0 saturated carbocycles. The molecule has 2 amide bonds. The molecular weight excluding hydrogens is 320 g/mol. The molecule has 2 N–H and O–H groups in total. The molecule has 1 aliphatic rings. The first-order chi connectivity index (χ1) is 11.5. The molecule has 1 heterocycles. The predicted octanol–water partition coefficient (Wildman–Crippen LogP) is 1.36. The van der Waals surface area contributed by atoms with E-state index in [0.29, 0.717) is 6.54 Å². The number of morpholine rings is 1. The lowest BCUT2D eigenvalue weighted by Gasteiger charge is -2.26. The zero-order chi connectivity index (χ0) is 17.4. The molecule has 1 aromatic carbocycles. The van der Waals surface area contributed by atoms with Gasteiger partial charge in [0.25, 0.3) is 0 Å². The third-order valence-corrected chi connectivity index (χ3v) is 3.58. The molecule has 1 fully saturated rings. The Morgan fingerprint density at radius 2 is 2.12 bits per heavy atom. The van der Waals surface area contributed by atoms with Gasteiger partial charge in [0.05, 0.1) is 19.3 Å². The molecule has 24 heavy (non-hydrogen) atoms. The van der Waals surface area contributed by atoms with Gasteiger partial charge in [0.1, 0.15) is 12.4 Å². The van der Waals surface area contributed by atoms with E-state index in [9.17, 15) is 13.6 Å². The summed E-state index contributed by atoms with van der Waals surface area (Å²) in [5.41, 5.74) is 0. The van der Waals surface area contributed by atoms with Gasteiger partial charge in [0.15, 0.2) is 11.6 Å². The van der Waals surface area contributed by atoms with Crippen molar-refractivity contribution in [2.24, 2.45) is 0 Å². The Balaban J connectivity index is 1.62. The van der Waals surface area contributed by atoms with Crippen molar-refractivity contribution in [3.63, 3.8) is 0 Å². The molecule has 134 valence electrons. The molecule has 0 aliphatic carbocycles. The summed E-state index contributed by atoms with van der Waals surface area (Å²) in [7, 11) is 0. The van der Waals surface area contributed by atoms with Gasteiger partial charge in [0.2, 0.25) is 0 Å². The van der Waals surface area contributed by atoms with Gasteiger partial charge in [-0.2, -0.15) is 0 Å². The van der Waals surface area contributed by atoms with Crippen LogP contribution in [-0.4, -0.2) is 63.0 Å². The maximum Gasteiger partial charge on any atom is 0.315 e. The fraction of sp³-hybridized carbons (Fsp3) is 0.562. The lowest BCUT2D eigenvalue weighted by molar-refractivity contribution is 0.0387.